The van der Waals surface area contributed by atoms with Gasteiger partial charge in [0.15, 0.2) is 16.6 Å². The van der Waals surface area contributed by atoms with E-state index in [1.807, 2.05) is 16.3 Å². The normalized spacial score (nSPS) is 13.5. The second-order valence-electron chi connectivity index (χ2n) is 7.12. The number of nitro benzene ring substituents is 1. The van der Waals surface area contributed by atoms with Gasteiger partial charge in [0, 0.05) is 36.2 Å². The number of aromatic nitrogens is 1. The lowest BCUT2D eigenvalue weighted by molar-refractivity contribution is -0.384. The maximum Gasteiger partial charge on any atom is 0.270 e. The number of non-ortho nitro benzene ring substituents is 1. The minimum atomic E-state index is -0.515. The molecule has 0 saturated carbocycles. The van der Waals surface area contributed by atoms with Crippen molar-refractivity contribution in [1.82, 2.24) is 4.98 Å². The van der Waals surface area contributed by atoms with Crippen LogP contribution in [-0.4, -0.2) is 56.3 Å². The predicted octanol–water partition coefficient (Wildman–Crippen LogP) is 3.82. The molecule has 0 aliphatic carbocycles. The van der Waals surface area contributed by atoms with Crippen molar-refractivity contribution >= 4 is 33.8 Å². The van der Waals surface area contributed by atoms with Crippen molar-refractivity contribution in [3.8, 4) is 22.8 Å². The molecule has 4 rings (SSSR count). The Bertz CT molecular complexity index is 1180. The quantitative estimate of drug-likeness (QED) is 0.409. The van der Waals surface area contributed by atoms with Gasteiger partial charge in [-0.05, 0) is 24.3 Å². The lowest BCUT2D eigenvalue weighted by Crippen LogP contribution is -2.37. The third-order valence-electron chi connectivity index (χ3n) is 5.19. The zero-order valence-corrected chi connectivity index (χ0v) is 18.9. The number of carbonyl (C=O) groups is 1. The zero-order chi connectivity index (χ0) is 23.4. The van der Waals surface area contributed by atoms with Crippen LogP contribution in [0, 0.1) is 10.1 Å². The molecule has 0 atom stereocenters. The number of rotatable bonds is 7. The van der Waals surface area contributed by atoms with Gasteiger partial charge in [-0.2, -0.15) is 0 Å². The molecule has 3 aromatic rings. The highest BCUT2D eigenvalue weighted by Gasteiger charge is 2.23. The standard InChI is InChI=1S/C22H22N4O6S/c1-30-19-6-3-14(11-20(19)31-2)17-13-33-22(23-17)24-21(27)16-12-15(26(28)29)4-5-18(16)25-7-9-32-10-8-25/h3-6,11-13H,7-10H2,1-2H3,(H,23,24,27). The number of amides is 1. The molecule has 1 amide bonds. The van der Waals surface area contributed by atoms with E-state index in [2.05, 4.69) is 10.3 Å². The van der Waals surface area contributed by atoms with Gasteiger partial charge in [-0.3, -0.25) is 20.2 Å². The number of nitrogens with zero attached hydrogens (tertiary/aromatic N) is 3. The molecule has 1 aliphatic rings. The van der Waals surface area contributed by atoms with Crippen molar-refractivity contribution in [2.24, 2.45) is 0 Å². The molecule has 1 saturated heterocycles. The van der Waals surface area contributed by atoms with Gasteiger partial charge in [0.1, 0.15) is 0 Å². The van der Waals surface area contributed by atoms with E-state index in [1.165, 1.54) is 23.5 Å². The first kappa shape index (κ1) is 22.5. The maximum atomic E-state index is 13.1. The van der Waals surface area contributed by atoms with Crippen LogP contribution >= 0.6 is 11.3 Å². The molecule has 33 heavy (non-hydrogen) atoms. The van der Waals surface area contributed by atoms with E-state index in [1.54, 1.807) is 32.4 Å². The van der Waals surface area contributed by atoms with E-state index >= 15 is 0 Å². The van der Waals surface area contributed by atoms with E-state index in [0.29, 0.717) is 54.3 Å². The van der Waals surface area contributed by atoms with Crippen molar-refractivity contribution in [2.45, 2.75) is 0 Å². The van der Waals surface area contributed by atoms with E-state index < -0.39 is 10.8 Å². The highest BCUT2D eigenvalue weighted by molar-refractivity contribution is 7.14. The summed E-state index contributed by atoms with van der Waals surface area (Å²) in [6.07, 6.45) is 0. The van der Waals surface area contributed by atoms with Crippen LogP contribution in [0.3, 0.4) is 0 Å². The molecule has 0 spiro atoms. The molecule has 0 unspecified atom stereocenters. The number of carbonyl (C=O) groups excluding carboxylic acids is 1. The first-order chi connectivity index (χ1) is 16.0. The van der Waals surface area contributed by atoms with Crippen LogP contribution in [0.15, 0.2) is 41.8 Å². The third-order valence-corrected chi connectivity index (χ3v) is 5.95. The van der Waals surface area contributed by atoms with Gasteiger partial charge in [-0.1, -0.05) is 0 Å². The van der Waals surface area contributed by atoms with E-state index in [0.717, 1.165) is 5.56 Å². The van der Waals surface area contributed by atoms with E-state index in [4.69, 9.17) is 14.2 Å². The maximum absolute atomic E-state index is 13.1. The Labute approximate surface area is 193 Å². The summed E-state index contributed by atoms with van der Waals surface area (Å²) in [5, 5.41) is 16.3. The second-order valence-corrected chi connectivity index (χ2v) is 7.98. The molecule has 1 aromatic heterocycles. The number of benzene rings is 2. The third kappa shape index (κ3) is 4.89. The number of methoxy groups -OCH3 is 2. The molecule has 0 radical (unpaired) electrons. The van der Waals surface area contributed by atoms with Crippen LogP contribution < -0.4 is 19.7 Å². The summed E-state index contributed by atoms with van der Waals surface area (Å²) in [6.45, 7) is 2.25. The summed E-state index contributed by atoms with van der Waals surface area (Å²) < 4.78 is 16.0. The van der Waals surface area contributed by atoms with Crippen molar-refractivity contribution in [3.63, 3.8) is 0 Å². The van der Waals surface area contributed by atoms with Gasteiger partial charge < -0.3 is 19.1 Å². The highest BCUT2D eigenvalue weighted by Crippen LogP contribution is 2.34. The summed E-state index contributed by atoms with van der Waals surface area (Å²) in [5.74, 6) is 0.708. The summed E-state index contributed by atoms with van der Waals surface area (Å²) >= 11 is 1.26. The number of thiazole rings is 1. The molecule has 1 fully saturated rings. The monoisotopic (exact) mass is 470 g/mol. The van der Waals surface area contributed by atoms with Gasteiger partial charge >= 0.3 is 0 Å². The molecule has 10 nitrogen and oxygen atoms in total. The Kier molecular flexibility index (Phi) is 6.71. The van der Waals surface area contributed by atoms with Gasteiger partial charge in [0.05, 0.1) is 49.3 Å². The number of nitro groups is 1. The van der Waals surface area contributed by atoms with Gasteiger partial charge in [-0.15, -0.1) is 11.3 Å². The molecular formula is C22H22N4O6S. The highest BCUT2D eigenvalue weighted by atomic mass is 32.1. The summed E-state index contributed by atoms with van der Waals surface area (Å²) in [6, 6.07) is 9.73. The molecule has 172 valence electrons. The fourth-order valence-electron chi connectivity index (χ4n) is 3.52. The van der Waals surface area contributed by atoms with Gasteiger partial charge in [0.25, 0.3) is 11.6 Å². The Morgan fingerprint density at radius 3 is 2.61 bits per heavy atom. The van der Waals surface area contributed by atoms with Crippen molar-refractivity contribution < 1.29 is 23.9 Å². The Morgan fingerprint density at radius 2 is 1.91 bits per heavy atom. The lowest BCUT2D eigenvalue weighted by Gasteiger charge is -2.30. The molecule has 2 heterocycles. The van der Waals surface area contributed by atoms with Crippen LogP contribution in [0.2, 0.25) is 0 Å². The van der Waals surface area contributed by atoms with Gasteiger partial charge in [-0.25, -0.2) is 4.98 Å². The number of hydrogen-bond donors (Lipinski definition) is 1. The summed E-state index contributed by atoms with van der Waals surface area (Å²) in [5.41, 5.74) is 2.15. The summed E-state index contributed by atoms with van der Waals surface area (Å²) in [4.78, 5) is 30.4. The van der Waals surface area contributed by atoms with Crippen LogP contribution in [0.25, 0.3) is 11.3 Å². The van der Waals surface area contributed by atoms with E-state index in [9.17, 15) is 14.9 Å². The Morgan fingerprint density at radius 1 is 1.15 bits per heavy atom. The van der Waals surface area contributed by atoms with Crippen LogP contribution in [0.5, 0.6) is 11.5 Å². The Hall–Kier alpha value is -3.70. The van der Waals surface area contributed by atoms with E-state index in [-0.39, 0.29) is 11.3 Å². The van der Waals surface area contributed by atoms with Crippen LogP contribution in [0.4, 0.5) is 16.5 Å². The lowest BCUT2D eigenvalue weighted by atomic mass is 10.1. The average molecular weight is 471 g/mol. The average Bonchev–Trinajstić information content (AvgIpc) is 3.32. The SMILES string of the molecule is COc1ccc(-c2csc(NC(=O)c3cc([N+](=O)[O-])ccc3N3CCOCC3)n2)cc1OC. The number of morpholine rings is 1. The molecule has 11 heteroatoms. The van der Waals surface area contributed by atoms with Crippen LogP contribution in [0.1, 0.15) is 10.4 Å². The molecule has 1 aliphatic heterocycles. The number of ether oxygens (including phenoxy) is 3. The topological polar surface area (TPSA) is 116 Å². The van der Waals surface area contributed by atoms with Crippen molar-refractivity contribution in [3.05, 3.63) is 57.5 Å². The number of hydrogen-bond acceptors (Lipinski definition) is 9. The van der Waals surface area contributed by atoms with Crippen LogP contribution in [-0.2, 0) is 4.74 Å². The minimum absolute atomic E-state index is 0.151. The van der Waals surface area contributed by atoms with Gasteiger partial charge in [0.2, 0.25) is 0 Å². The predicted molar refractivity (Wildman–Crippen MR) is 125 cm³/mol. The van der Waals surface area contributed by atoms with Crippen molar-refractivity contribution in [1.29, 1.82) is 0 Å². The molecular weight excluding hydrogens is 448 g/mol. The number of nitrogens with one attached hydrogen (secondary N) is 1. The molecule has 2 aromatic carbocycles. The molecule has 1 N–H and O–H groups in total. The number of anilines is 2. The van der Waals surface area contributed by atoms with Crippen molar-refractivity contribution in [2.75, 3.05) is 50.7 Å². The fraction of sp³-hybridized carbons (Fsp3) is 0.273. The largest absolute Gasteiger partial charge is 0.493 e. The first-order valence-corrected chi connectivity index (χ1v) is 11.0. The smallest absolute Gasteiger partial charge is 0.270 e. The fourth-order valence-corrected chi connectivity index (χ4v) is 4.24. The summed E-state index contributed by atoms with van der Waals surface area (Å²) in [7, 11) is 3.12. The Balaban J connectivity index is 1.59. The molecule has 0 bridgehead atoms. The minimum Gasteiger partial charge on any atom is -0.493 e. The zero-order valence-electron chi connectivity index (χ0n) is 18.1. The first-order valence-electron chi connectivity index (χ1n) is 10.1. The second kappa shape index (κ2) is 9.84.